The standard InChI is InChI=1S/C11H11NO2/c13-9-14-8-5-10-4-7-12-6-2-1-3-11(10)12/h1-4,6-7,9H,5,8H2. The van der Waals surface area contributed by atoms with Gasteiger partial charge in [-0.1, -0.05) is 6.07 Å². The Labute approximate surface area is 81.9 Å². The number of pyridine rings is 1. The van der Waals surface area contributed by atoms with Crippen LogP contribution in [0, 0.1) is 0 Å². The number of hydrogen-bond acceptors (Lipinski definition) is 2. The van der Waals surface area contributed by atoms with Crippen molar-refractivity contribution in [3.63, 3.8) is 0 Å². The van der Waals surface area contributed by atoms with Gasteiger partial charge in [0.25, 0.3) is 6.47 Å². The summed E-state index contributed by atoms with van der Waals surface area (Å²) in [5.41, 5.74) is 2.37. The zero-order valence-corrected chi connectivity index (χ0v) is 7.72. The maximum Gasteiger partial charge on any atom is 0.293 e. The molecule has 0 bridgehead atoms. The van der Waals surface area contributed by atoms with E-state index in [1.54, 1.807) is 0 Å². The maximum atomic E-state index is 9.97. The van der Waals surface area contributed by atoms with Crippen molar-refractivity contribution in [1.82, 2.24) is 4.40 Å². The van der Waals surface area contributed by atoms with Gasteiger partial charge in [-0.3, -0.25) is 4.79 Å². The summed E-state index contributed by atoms with van der Waals surface area (Å²) in [5, 5.41) is 0. The lowest BCUT2D eigenvalue weighted by Gasteiger charge is -1.98. The van der Waals surface area contributed by atoms with Gasteiger partial charge in [0.05, 0.1) is 6.61 Å². The van der Waals surface area contributed by atoms with Crippen molar-refractivity contribution in [2.75, 3.05) is 6.61 Å². The molecule has 0 atom stereocenters. The Balaban J connectivity index is 2.20. The van der Waals surface area contributed by atoms with E-state index in [-0.39, 0.29) is 0 Å². The molecule has 0 spiro atoms. The van der Waals surface area contributed by atoms with Crippen LogP contribution in [0.3, 0.4) is 0 Å². The van der Waals surface area contributed by atoms with E-state index < -0.39 is 0 Å². The average Bonchev–Trinajstić information content (AvgIpc) is 2.63. The van der Waals surface area contributed by atoms with E-state index in [0.717, 1.165) is 6.42 Å². The summed E-state index contributed by atoms with van der Waals surface area (Å²) in [4.78, 5) is 9.97. The fraction of sp³-hybridized carbons (Fsp3) is 0.182. The highest BCUT2D eigenvalue weighted by Gasteiger charge is 2.00. The van der Waals surface area contributed by atoms with Crippen LogP contribution in [-0.2, 0) is 16.0 Å². The van der Waals surface area contributed by atoms with Crippen LogP contribution in [0.2, 0.25) is 0 Å². The van der Waals surface area contributed by atoms with Gasteiger partial charge in [0.1, 0.15) is 0 Å². The third kappa shape index (κ3) is 1.62. The summed E-state index contributed by atoms with van der Waals surface area (Å²) in [6.45, 7) is 0.927. The molecule has 0 radical (unpaired) electrons. The summed E-state index contributed by atoms with van der Waals surface area (Å²) in [7, 11) is 0. The zero-order valence-electron chi connectivity index (χ0n) is 7.72. The number of fused-ring (bicyclic) bond motifs is 1. The molecular formula is C11H11NO2. The predicted molar refractivity (Wildman–Crippen MR) is 53.1 cm³/mol. The highest BCUT2D eigenvalue weighted by molar-refractivity contribution is 5.55. The summed E-state index contributed by atoms with van der Waals surface area (Å²) in [5.74, 6) is 0. The summed E-state index contributed by atoms with van der Waals surface area (Å²) >= 11 is 0. The van der Waals surface area contributed by atoms with Gasteiger partial charge in [-0.25, -0.2) is 0 Å². The van der Waals surface area contributed by atoms with Gasteiger partial charge < -0.3 is 9.14 Å². The molecule has 2 heterocycles. The minimum atomic E-state index is 0.443. The van der Waals surface area contributed by atoms with Crippen LogP contribution in [0.1, 0.15) is 5.56 Å². The normalized spacial score (nSPS) is 10.3. The molecule has 0 saturated heterocycles. The van der Waals surface area contributed by atoms with Crippen LogP contribution in [-0.4, -0.2) is 17.5 Å². The lowest BCUT2D eigenvalue weighted by molar-refractivity contribution is -0.128. The third-order valence-electron chi connectivity index (χ3n) is 2.21. The molecule has 0 aliphatic heterocycles. The lowest BCUT2D eigenvalue weighted by atomic mass is 10.2. The number of hydrogen-bond donors (Lipinski definition) is 0. The third-order valence-corrected chi connectivity index (χ3v) is 2.21. The van der Waals surface area contributed by atoms with Crippen LogP contribution in [0.25, 0.3) is 5.52 Å². The molecule has 2 rings (SSSR count). The van der Waals surface area contributed by atoms with Crippen LogP contribution in [0.5, 0.6) is 0 Å². The number of ether oxygens (including phenoxy) is 1. The van der Waals surface area contributed by atoms with Crippen LogP contribution in [0.4, 0.5) is 0 Å². The van der Waals surface area contributed by atoms with Crippen LogP contribution < -0.4 is 0 Å². The van der Waals surface area contributed by atoms with Gasteiger partial charge in [-0.05, 0) is 23.8 Å². The topological polar surface area (TPSA) is 30.7 Å². The van der Waals surface area contributed by atoms with Crippen molar-refractivity contribution in [3.8, 4) is 0 Å². The largest absolute Gasteiger partial charge is 0.468 e. The minimum Gasteiger partial charge on any atom is -0.468 e. The fourth-order valence-corrected chi connectivity index (χ4v) is 1.54. The monoisotopic (exact) mass is 189 g/mol. The van der Waals surface area contributed by atoms with Gasteiger partial charge in [-0.2, -0.15) is 0 Å². The van der Waals surface area contributed by atoms with Gasteiger partial charge in [0.15, 0.2) is 0 Å². The molecule has 72 valence electrons. The first kappa shape index (κ1) is 8.81. The van der Waals surface area contributed by atoms with E-state index in [2.05, 4.69) is 15.2 Å². The second kappa shape index (κ2) is 3.96. The fourth-order valence-electron chi connectivity index (χ4n) is 1.54. The Morgan fingerprint density at radius 1 is 1.29 bits per heavy atom. The predicted octanol–water partition coefficient (Wildman–Crippen LogP) is 1.65. The Hall–Kier alpha value is -1.77. The Kier molecular flexibility index (Phi) is 2.49. The Morgan fingerprint density at radius 3 is 3.07 bits per heavy atom. The van der Waals surface area contributed by atoms with Gasteiger partial charge in [-0.15, -0.1) is 0 Å². The van der Waals surface area contributed by atoms with Crippen molar-refractivity contribution < 1.29 is 9.53 Å². The molecular weight excluding hydrogens is 178 g/mol. The van der Waals surface area contributed by atoms with Crippen molar-refractivity contribution in [2.45, 2.75) is 6.42 Å². The van der Waals surface area contributed by atoms with Crippen molar-refractivity contribution in [3.05, 3.63) is 42.2 Å². The first-order valence-corrected chi connectivity index (χ1v) is 4.51. The maximum absolute atomic E-state index is 9.97. The summed E-state index contributed by atoms with van der Waals surface area (Å²) in [6.07, 6.45) is 4.77. The van der Waals surface area contributed by atoms with Gasteiger partial charge in [0, 0.05) is 24.3 Å². The highest BCUT2D eigenvalue weighted by atomic mass is 16.5. The molecule has 0 aliphatic carbocycles. The molecule has 2 aromatic heterocycles. The smallest absolute Gasteiger partial charge is 0.293 e. The summed E-state index contributed by atoms with van der Waals surface area (Å²) < 4.78 is 6.72. The second-order valence-corrected chi connectivity index (χ2v) is 3.05. The molecule has 0 saturated carbocycles. The molecule has 14 heavy (non-hydrogen) atoms. The van der Waals surface area contributed by atoms with E-state index in [0.29, 0.717) is 13.1 Å². The SMILES string of the molecule is O=COCCc1ccn2ccccc12. The second-order valence-electron chi connectivity index (χ2n) is 3.05. The van der Waals surface area contributed by atoms with Crippen molar-refractivity contribution in [1.29, 1.82) is 0 Å². The van der Waals surface area contributed by atoms with Crippen LogP contribution in [0.15, 0.2) is 36.7 Å². The molecule has 0 amide bonds. The lowest BCUT2D eigenvalue weighted by Crippen LogP contribution is -1.96. The molecule has 3 nitrogen and oxygen atoms in total. The quantitative estimate of drug-likeness (QED) is 0.541. The highest BCUT2D eigenvalue weighted by Crippen LogP contribution is 2.12. The number of rotatable bonds is 4. The molecule has 0 aliphatic rings. The van der Waals surface area contributed by atoms with Crippen molar-refractivity contribution >= 4 is 12.0 Å². The van der Waals surface area contributed by atoms with E-state index in [1.807, 2.05) is 30.6 Å². The molecule has 2 aromatic rings. The Bertz CT molecular complexity index is 434. The van der Waals surface area contributed by atoms with E-state index >= 15 is 0 Å². The Morgan fingerprint density at radius 2 is 2.21 bits per heavy atom. The first-order chi connectivity index (χ1) is 6.92. The number of carbonyl (C=O) groups excluding carboxylic acids is 1. The van der Waals surface area contributed by atoms with E-state index in [9.17, 15) is 4.79 Å². The number of carbonyl (C=O) groups is 1. The number of nitrogens with zero attached hydrogens (tertiary/aromatic N) is 1. The molecule has 0 N–H and O–H groups in total. The van der Waals surface area contributed by atoms with Crippen molar-refractivity contribution in [2.24, 2.45) is 0 Å². The van der Waals surface area contributed by atoms with Gasteiger partial charge >= 0.3 is 0 Å². The molecule has 0 aromatic carbocycles. The first-order valence-electron chi connectivity index (χ1n) is 4.51. The molecule has 0 fully saturated rings. The number of aromatic nitrogens is 1. The van der Waals surface area contributed by atoms with E-state index in [1.165, 1.54) is 11.1 Å². The van der Waals surface area contributed by atoms with Gasteiger partial charge in [0.2, 0.25) is 0 Å². The average molecular weight is 189 g/mol. The zero-order chi connectivity index (χ0) is 9.80. The van der Waals surface area contributed by atoms with Crippen LogP contribution >= 0.6 is 0 Å². The summed E-state index contributed by atoms with van der Waals surface area (Å²) in [6, 6.07) is 8.08. The molecule has 0 unspecified atom stereocenters. The van der Waals surface area contributed by atoms with E-state index in [4.69, 9.17) is 0 Å². The minimum absolute atomic E-state index is 0.443. The molecule has 3 heteroatoms.